The first-order valence-corrected chi connectivity index (χ1v) is 8.32. The van der Waals surface area contributed by atoms with E-state index in [9.17, 15) is 4.79 Å². The van der Waals surface area contributed by atoms with Crippen LogP contribution in [0.15, 0.2) is 18.5 Å². The molecule has 2 aliphatic rings. The third-order valence-electron chi connectivity index (χ3n) is 4.88. The zero-order chi connectivity index (χ0) is 15.4. The van der Waals surface area contributed by atoms with Gasteiger partial charge >= 0.3 is 6.03 Å². The van der Waals surface area contributed by atoms with Crippen molar-refractivity contribution in [1.82, 2.24) is 20.2 Å². The van der Waals surface area contributed by atoms with Crippen LogP contribution in [0.4, 0.5) is 10.7 Å². The highest BCUT2D eigenvalue weighted by Gasteiger charge is 2.33. The van der Waals surface area contributed by atoms with E-state index in [-0.39, 0.29) is 6.03 Å². The molecular weight excluding hydrogens is 278 g/mol. The number of aromatic nitrogens is 2. The van der Waals surface area contributed by atoms with Crippen molar-refractivity contribution in [1.29, 1.82) is 0 Å². The molecule has 0 saturated carbocycles. The fraction of sp³-hybridized carbons (Fsp3) is 0.688. The molecule has 0 aliphatic carbocycles. The van der Waals surface area contributed by atoms with Gasteiger partial charge in [0.15, 0.2) is 0 Å². The third kappa shape index (κ3) is 3.31. The Morgan fingerprint density at radius 2 is 1.86 bits per heavy atom. The van der Waals surface area contributed by atoms with Gasteiger partial charge in [0.2, 0.25) is 5.95 Å². The fourth-order valence-corrected chi connectivity index (χ4v) is 3.64. The lowest BCUT2D eigenvalue weighted by Crippen LogP contribution is -2.40. The summed E-state index contributed by atoms with van der Waals surface area (Å²) in [5, 5.41) is 2.90. The second kappa shape index (κ2) is 6.94. The van der Waals surface area contributed by atoms with Crippen LogP contribution in [0.2, 0.25) is 0 Å². The quantitative estimate of drug-likeness (QED) is 0.924. The number of urea groups is 1. The van der Waals surface area contributed by atoms with E-state index in [0.717, 1.165) is 44.5 Å². The van der Waals surface area contributed by atoms with Gasteiger partial charge in [-0.3, -0.25) is 0 Å². The molecule has 1 aromatic rings. The first-order valence-electron chi connectivity index (χ1n) is 8.32. The van der Waals surface area contributed by atoms with Crippen molar-refractivity contribution in [3.63, 3.8) is 0 Å². The number of nitrogens with one attached hydrogen (secondary N) is 1. The maximum Gasteiger partial charge on any atom is 0.317 e. The Balaban J connectivity index is 1.49. The van der Waals surface area contributed by atoms with E-state index >= 15 is 0 Å². The maximum absolute atomic E-state index is 11.9. The molecule has 6 nitrogen and oxygen atoms in total. The minimum atomic E-state index is 0.0973. The second-order valence-electron chi connectivity index (χ2n) is 6.20. The van der Waals surface area contributed by atoms with Crippen LogP contribution in [0.25, 0.3) is 0 Å². The predicted octanol–water partition coefficient (Wildman–Crippen LogP) is 1.74. The molecule has 0 spiro atoms. The molecular formula is C16H25N5O. The summed E-state index contributed by atoms with van der Waals surface area (Å²) >= 11 is 0. The summed E-state index contributed by atoms with van der Waals surface area (Å²) in [6.45, 7) is 6.53. The second-order valence-corrected chi connectivity index (χ2v) is 6.20. The lowest BCUT2D eigenvalue weighted by molar-refractivity contribution is 0.202. The van der Waals surface area contributed by atoms with E-state index in [1.807, 2.05) is 17.9 Å². The molecule has 1 unspecified atom stereocenters. The smallest absolute Gasteiger partial charge is 0.317 e. The third-order valence-corrected chi connectivity index (χ3v) is 4.88. The van der Waals surface area contributed by atoms with Crippen molar-refractivity contribution >= 4 is 12.0 Å². The van der Waals surface area contributed by atoms with E-state index in [1.165, 1.54) is 12.8 Å². The van der Waals surface area contributed by atoms with Gasteiger partial charge in [0.1, 0.15) is 0 Å². The molecule has 22 heavy (non-hydrogen) atoms. The van der Waals surface area contributed by atoms with Gasteiger partial charge in [-0.1, -0.05) is 0 Å². The summed E-state index contributed by atoms with van der Waals surface area (Å²) < 4.78 is 0. The van der Waals surface area contributed by atoms with Crippen LogP contribution in [-0.2, 0) is 0 Å². The number of rotatable bonds is 3. The van der Waals surface area contributed by atoms with Crippen molar-refractivity contribution in [3.05, 3.63) is 18.5 Å². The summed E-state index contributed by atoms with van der Waals surface area (Å²) in [6.07, 6.45) is 7.09. The lowest BCUT2D eigenvalue weighted by atomic mass is 9.84. The van der Waals surface area contributed by atoms with E-state index in [0.29, 0.717) is 12.5 Å². The molecule has 120 valence electrons. The minimum absolute atomic E-state index is 0.0973. The maximum atomic E-state index is 11.9. The molecule has 1 N–H and O–H groups in total. The molecule has 0 aromatic carbocycles. The molecule has 2 aliphatic heterocycles. The lowest BCUT2D eigenvalue weighted by Gasteiger charge is -2.34. The molecule has 1 atom stereocenters. The number of likely N-dealkylation sites (tertiary alicyclic amines) is 1. The van der Waals surface area contributed by atoms with Crippen molar-refractivity contribution in [2.45, 2.75) is 26.2 Å². The minimum Gasteiger partial charge on any atom is -0.341 e. The zero-order valence-electron chi connectivity index (χ0n) is 13.2. The molecule has 2 saturated heterocycles. The van der Waals surface area contributed by atoms with Crippen LogP contribution >= 0.6 is 0 Å². The van der Waals surface area contributed by atoms with Crippen LogP contribution in [0.5, 0.6) is 0 Å². The first-order chi connectivity index (χ1) is 10.8. The SMILES string of the molecule is CCNC(=O)N1CCC(C2CCN(c3ncccn3)CC2)C1. The standard InChI is InChI=1S/C16H25N5O/c1-2-17-16(22)21-11-6-14(12-21)13-4-9-20(10-5-13)15-18-7-3-8-19-15/h3,7-8,13-14H,2,4-6,9-12H2,1H3,(H,17,22). The zero-order valence-corrected chi connectivity index (χ0v) is 13.2. The highest BCUT2D eigenvalue weighted by Crippen LogP contribution is 2.32. The van der Waals surface area contributed by atoms with Gasteiger partial charge in [-0.25, -0.2) is 14.8 Å². The molecule has 1 aromatic heterocycles. The molecule has 3 rings (SSSR count). The Labute approximate surface area is 131 Å². The monoisotopic (exact) mass is 303 g/mol. The summed E-state index contributed by atoms with van der Waals surface area (Å²) in [7, 11) is 0. The average Bonchev–Trinajstić information content (AvgIpc) is 3.06. The van der Waals surface area contributed by atoms with Gasteiger partial charge in [-0.15, -0.1) is 0 Å². The van der Waals surface area contributed by atoms with Gasteiger partial charge in [0, 0.05) is 45.1 Å². The predicted molar refractivity (Wildman–Crippen MR) is 85.7 cm³/mol. The van der Waals surface area contributed by atoms with Gasteiger partial charge in [-0.2, -0.15) is 0 Å². The van der Waals surface area contributed by atoms with E-state index < -0.39 is 0 Å². The average molecular weight is 303 g/mol. The number of hydrogen-bond donors (Lipinski definition) is 1. The number of amides is 2. The number of carbonyl (C=O) groups is 1. The van der Waals surface area contributed by atoms with Gasteiger partial charge in [0.05, 0.1) is 0 Å². The van der Waals surface area contributed by atoms with Crippen molar-refractivity contribution in [2.24, 2.45) is 11.8 Å². The Kier molecular flexibility index (Phi) is 4.75. The normalized spacial score (nSPS) is 22.9. The van der Waals surface area contributed by atoms with E-state index in [2.05, 4.69) is 20.2 Å². The fourth-order valence-electron chi connectivity index (χ4n) is 3.64. The first kappa shape index (κ1) is 15.1. The number of piperidine rings is 1. The van der Waals surface area contributed by atoms with Gasteiger partial charge < -0.3 is 15.1 Å². The Hall–Kier alpha value is -1.85. The van der Waals surface area contributed by atoms with Gasteiger partial charge in [0.25, 0.3) is 0 Å². The molecule has 2 fully saturated rings. The number of anilines is 1. The molecule has 0 radical (unpaired) electrons. The number of carbonyl (C=O) groups excluding carboxylic acids is 1. The van der Waals surface area contributed by atoms with Crippen molar-refractivity contribution < 1.29 is 4.79 Å². The Morgan fingerprint density at radius 3 is 2.55 bits per heavy atom. The van der Waals surface area contributed by atoms with Crippen LogP contribution < -0.4 is 10.2 Å². The van der Waals surface area contributed by atoms with Crippen LogP contribution in [-0.4, -0.2) is 53.6 Å². The van der Waals surface area contributed by atoms with Gasteiger partial charge in [-0.05, 0) is 44.1 Å². The number of nitrogens with zero attached hydrogens (tertiary/aromatic N) is 4. The largest absolute Gasteiger partial charge is 0.341 e. The highest BCUT2D eigenvalue weighted by molar-refractivity contribution is 5.74. The Morgan fingerprint density at radius 1 is 1.18 bits per heavy atom. The summed E-state index contributed by atoms with van der Waals surface area (Å²) in [4.78, 5) is 24.8. The van der Waals surface area contributed by atoms with Crippen molar-refractivity contribution in [3.8, 4) is 0 Å². The van der Waals surface area contributed by atoms with E-state index in [4.69, 9.17) is 0 Å². The number of hydrogen-bond acceptors (Lipinski definition) is 4. The topological polar surface area (TPSA) is 61.4 Å². The molecule has 2 amide bonds. The Bertz CT molecular complexity index is 487. The van der Waals surface area contributed by atoms with Crippen LogP contribution in [0.3, 0.4) is 0 Å². The molecule has 3 heterocycles. The van der Waals surface area contributed by atoms with Crippen LogP contribution in [0.1, 0.15) is 26.2 Å². The summed E-state index contributed by atoms with van der Waals surface area (Å²) in [5.41, 5.74) is 0. The molecule has 0 bridgehead atoms. The van der Waals surface area contributed by atoms with Crippen molar-refractivity contribution in [2.75, 3.05) is 37.6 Å². The highest BCUT2D eigenvalue weighted by atomic mass is 16.2. The molecule has 6 heteroatoms. The summed E-state index contributed by atoms with van der Waals surface area (Å²) in [5.74, 6) is 2.22. The van der Waals surface area contributed by atoms with Crippen LogP contribution in [0, 0.1) is 11.8 Å². The van der Waals surface area contributed by atoms with E-state index in [1.54, 1.807) is 12.4 Å². The summed E-state index contributed by atoms with van der Waals surface area (Å²) in [6, 6.07) is 1.95.